The quantitative estimate of drug-likeness (QED) is 0.474. The fourth-order valence-electron chi connectivity index (χ4n) is 1.55. The van der Waals surface area contributed by atoms with Crippen molar-refractivity contribution >= 4 is 35.8 Å². The second-order valence-corrected chi connectivity index (χ2v) is 4.89. The van der Waals surface area contributed by atoms with Crippen LogP contribution in [0.15, 0.2) is 29.2 Å². The van der Waals surface area contributed by atoms with Crippen molar-refractivity contribution in [1.82, 2.24) is 0 Å². The van der Waals surface area contributed by atoms with E-state index in [0.29, 0.717) is 4.90 Å². The molecular weight excluding hydrogens is 330 g/mol. The lowest BCUT2D eigenvalue weighted by atomic mass is 10.2. The van der Waals surface area contributed by atoms with E-state index in [1.54, 1.807) is 5.32 Å². The van der Waals surface area contributed by atoms with Crippen LogP contribution in [0.2, 0.25) is 5.02 Å². The van der Waals surface area contributed by atoms with Crippen LogP contribution in [0.3, 0.4) is 0 Å². The van der Waals surface area contributed by atoms with Gasteiger partial charge in [0, 0.05) is 11.0 Å². The summed E-state index contributed by atoms with van der Waals surface area (Å²) in [5.74, 6) is -7.70. The average Bonchev–Trinajstić information content (AvgIpc) is 2.43. The Morgan fingerprint density at radius 2 is 1.62 bits per heavy atom. The van der Waals surface area contributed by atoms with Crippen LogP contribution < -0.4 is 5.32 Å². The lowest BCUT2D eigenvalue weighted by molar-refractivity contribution is 0.102. The van der Waals surface area contributed by atoms with Crippen molar-refractivity contribution in [1.29, 1.82) is 0 Å². The molecule has 0 aliphatic rings. The maximum Gasteiger partial charge on any atom is 0.257 e. The predicted molar refractivity (Wildman–Crippen MR) is 72.9 cm³/mol. The molecule has 0 spiro atoms. The third-order valence-corrected chi connectivity index (χ3v) is 3.15. The topological polar surface area (TPSA) is 29.1 Å². The maximum atomic E-state index is 13.5. The van der Waals surface area contributed by atoms with Crippen LogP contribution in [0.25, 0.3) is 0 Å². The standard InChI is InChI=1S/C13H6ClF4NOS/c14-7-2-1-5(21)3-6(7)13(20)19-12-10(17)8(15)4-9(16)11(12)18/h1-4,21H,(H,19,20). The number of benzene rings is 2. The molecule has 2 aromatic carbocycles. The number of carbonyl (C=O) groups is 1. The first-order chi connectivity index (χ1) is 9.81. The Hall–Kier alpha value is -1.73. The Labute approximate surface area is 127 Å². The Balaban J connectivity index is 2.43. The van der Waals surface area contributed by atoms with Crippen molar-refractivity contribution in [3.63, 3.8) is 0 Å². The molecule has 8 heteroatoms. The SMILES string of the molecule is O=C(Nc1c(F)c(F)cc(F)c1F)c1cc(S)ccc1Cl. The third kappa shape index (κ3) is 3.14. The van der Waals surface area contributed by atoms with Crippen LogP contribution >= 0.6 is 24.2 Å². The predicted octanol–water partition coefficient (Wildman–Crippen LogP) is 4.44. The van der Waals surface area contributed by atoms with E-state index in [1.165, 1.54) is 18.2 Å². The average molecular weight is 336 g/mol. The summed E-state index contributed by atoms with van der Waals surface area (Å²) in [6.45, 7) is 0. The van der Waals surface area contributed by atoms with E-state index in [2.05, 4.69) is 12.6 Å². The zero-order valence-electron chi connectivity index (χ0n) is 10.1. The van der Waals surface area contributed by atoms with E-state index in [-0.39, 0.29) is 16.7 Å². The van der Waals surface area contributed by atoms with Gasteiger partial charge in [-0.1, -0.05) is 11.6 Å². The summed E-state index contributed by atoms with van der Waals surface area (Å²) >= 11 is 9.76. The van der Waals surface area contributed by atoms with Crippen LogP contribution in [0.1, 0.15) is 10.4 Å². The molecular formula is C13H6ClF4NOS. The molecule has 0 unspecified atom stereocenters. The minimum atomic E-state index is -1.71. The molecule has 2 rings (SSSR count). The van der Waals surface area contributed by atoms with Crippen molar-refractivity contribution < 1.29 is 22.4 Å². The summed E-state index contributed by atoms with van der Waals surface area (Å²) in [4.78, 5) is 12.3. The van der Waals surface area contributed by atoms with E-state index in [0.717, 1.165) is 0 Å². The van der Waals surface area contributed by atoms with Crippen LogP contribution in [-0.4, -0.2) is 5.91 Å². The molecule has 21 heavy (non-hydrogen) atoms. The van der Waals surface area contributed by atoms with Gasteiger partial charge < -0.3 is 5.32 Å². The van der Waals surface area contributed by atoms with E-state index in [9.17, 15) is 22.4 Å². The minimum absolute atomic E-state index is 0.0111. The van der Waals surface area contributed by atoms with Gasteiger partial charge in [-0.3, -0.25) is 4.79 Å². The molecule has 2 aromatic rings. The number of thiol groups is 1. The van der Waals surface area contributed by atoms with E-state index in [4.69, 9.17) is 11.6 Å². The van der Waals surface area contributed by atoms with Gasteiger partial charge in [-0.25, -0.2) is 17.6 Å². The number of halogens is 5. The Morgan fingerprint density at radius 3 is 2.19 bits per heavy atom. The van der Waals surface area contributed by atoms with Gasteiger partial charge in [0.25, 0.3) is 5.91 Å². The molecule has 2 nitrogen and oxygen atoms in total. The van der Waals surface area contributed by atoms with Gasteiger partial charge in [0.15, 0.2) is 23.3 Å². The zero-order valence-corrected chi connectivity index (χ0v) is 11.7. The van der Waals surface area contributed by atoms with Gasteiger partial charge in [0.1, 0.15) is 5.69 Å². The summed E-state index contributed by atoms with van der Waals surface area (Å²) in [5.41, 5.74) is -1.37. The number of nitrogens with one attached hydrogen (secondary N) is 1. The summed E-state index contributed by atoms with van der Waals surface area (Å²) in [7, 11) is 0. The number of hydrogen-bond acceptors (Lipinski definition) is 2. The molecule has 1 amide bonds. The van der Waals surface area contributed by atoms with Crippen molar-refractivity contribution in [3.8, 4) is 0 Å². The van der Waals surface area contributed by atoms with Crippen molar-refractivity contribution in [2.24, 2.45) is 0 Å². The first-order valence-electron chi connectivity index (χ1n) is 5.44. The summed E-state index contributed by atoms with van der Waals surface area (Å²) < 4.78 is 53.0. The normalized spacial score (nSPS) is 10.6. The van der Waals surface area contributed by atoms with Gasteiger partial charge in [-0.15, -0.1) is 12.6 Å². The lowest BCUT2D eigenvalue weighted by Gasteiger charge is -2.10. The van der Waals surface area contributed by atoms with Crippen LogP contribution in [0.5, 0.6) is 0 Å². The highest BCUT2D eigenvalue weighted by Crippen LogP contribution is 2.26. The first kappa shape index (κ1) is 15.7. The second kappa shape index (κ2) is 5.95. The maximum absolute atomic E-state index is 13.5. The van der Waals surface area contributed by atoms with Gasteiger partial charge in [-0.05, 0) is 18.2 Å². The second-order valence-electron chi connectivity index (χ2n) is 3.96. The third-order valence-electron chi connectivity index (χ3n) is 2.54. The molecule has 0 aromatic heterocycles. The summed E-state index contributed by atoms with van der Waals surface area (Å²) in [6, 6.07) is 4.12. The molecule has 0 saturated heterocycles. The minimum Gasteiger partial charge on any atom is -0.317 e. The van der Waals surface area contributed by atoms with Gasteiger partial charge in [0.05, 0.1) is 10.6 Å². The molecule has 110 valence electrons. The van der Waals surface area contributed by atoms with Crippen LogP contribution in [0.4, 0.5) is 23.2 Å². The van der Waals surface area contributed by atoms with Gasteiger partial charge >= 0.3 is 0 Å². The zero-order chi connectivity index (χ0) is 15.7. The first-order valence-corrected chi connectivity index (χ1v) is 6.26. The molecule has 0 aliphatic heterocycles. The van der Waals surface area contributed by atoms with Crippen molar-refractivity contribution in [2.75, 3.05) is 5.32 Å². The molecule has 1 N–H and O–H groups in total. The molecule has 0 aliphatic carbocycles. The highest BCUT2D eigenvalue weighted by Gasteiger charge is 2.22. The smallest absolute Gasteiger partial charge is 0.257 e. The fraction of sp³-hybridized carbons (Fsp3) is 0. The summed E-state index contributed by atoms with van der Waals surface area (Å²) in [6.07, 6.45) is 0. The number of amides is 1. The van der Waals surface area contributed by atoms with E-state index >= 15 is 0 Å². The van der Waals surface area contributed by atoms with E-state index < -0.39 is 34.9 Å². The van der Waals surface area contributed by atoms with Crippen LogP contribution in [0, 0.1) is 23.3 Å². The molecule has 0 heterocycles. The van der Waals surface area contributed by atoms with Gasteiger partial charge in [-0.2, -0.15) is 0 Å². The van der Waals surface area contributed by atoms with E-state index in [1.807, 2.05) is 0 Å². The number of rotatable bonds is 2. The molecule has 0 saturated carbocycles. The Kier molecular flexibility index (Phi) is 4.43. The Bertz CT molecular complexity index is 712. The molecule has 0 bridgehead atoms. The number of carbonyl (C=O) groups excluding carboxylic acids is 1. The molecule has 0 atom stereocenters. The highest BCUT2D eigenvalue weighted by atomic mass is 35.5. The van der Waals surface area contributed by atoms with Crippen molar-refractivity contribution in [3.05, 3.63) is 58.1 Å². The molecule has 0 radical (unpaired) electrons. The monoisotopic (exact) mass is 335 g/mol. The molecule has 0 fully saturated rings. The summed E-state index contributed by atoms with van der Waals surface area (Å²) in [5, 5.41) is 1.75. The number of anilines is 1. The fourth-order valence-corrected chi connectivity index (χ4v) is 1.96. The van der Waals surface area contributed by atoms with Crippen LogP contribution in [-0.2, 0) is 0 Å². The highest BCUT2D eigenvalue weighted by molar-refractivity contribution is 7.80. The van der Waals surface area contributed by atoms with Crippen molar-refractivity contribution in [2.45, 2.75) is 4.90 Å². The largest absolute Gasteiger partial charge is 0.317 e. The van der Waals surface area contributed by atoms with Gasteiger partial charge in [0.2, 0.25) is 0 Å². The lowest BCUT2D eigenvalue weighted by Crippen LogP contribution is -2.16. The number of hydrogen-bond donors (Lipinski definition) is 2. The Morgan fingerprint density at radius 1 is 1.05 bits per heavy atom.